The molecule has 0 unspecified atom stereocenters. The number of rotatable bonds is 5. The van der Waals surface area contributed by atoms with Gasteiger partial charge in [-0.15, -0.1) is 0 Å². The van der Waals surface area contributed by atoms with E-state index < -0.39 is 0 Å². The molecule has 2 heterocycles. The Hall–Kier alpha value is -2.89. The van der Waals surface area contributed by atoms with Gasteiger partial charge in [-0.2, -0.15) is 0 Å². The van der Waals surface area contributed by atoms with E-state index in [0.717, 1.165) is 11.3 Å². The number of nitrogens with zero attached hydrogens (tertiary/aromatic N) is 2. The van der Waals surface area contributed by atoms with Gasteiger partial charge >= 0.3 is 0 Å². The van der Waals surface area contributed by atoms with E-state index in [2.05, 4.69) is 10.3 Å². The van der Waals surface area contributed by atoms with Crippen molar-refractivity contribution < 1.29 is 13.9 Å². The van der Waals surface area contributed by atoms with Gasteiger partial charge in [-0.25, -0.2) is 9.37 Å². The summed E-state index contributed by atoms with van der Waals surface area (Å²) in [5, 5.41) is 2.80. The Morgan fingerprint density at radius 1 is 1.30 bits per heavy atom. The smallest absolute Gasteiger partial charge is 0.251 e. The summed E-state index contributed by atoms with van der Waals surface area (Å²) in [6.45, 7) is 0.447. The van der Waals surface area contributed by atoms with Gasteiger partial charge in [0.05, 0.1) is 12.8 Å². The number of nitrogens with one attached hydrogen (secondary N) is 1. The van der Waals surface area contributed by atoms with E-state index in [1.165, 1.54) is 24.3 Å². The molecule has 0 spiro atoms. The Morgan fingerprint density at radius 2 is 2.09 bits per heavy atom. The van der Waals surface area contributed by atoms with E-state index >= 15 is 0 Å². The molecule has 0 radical (unpaired) electrons. The molecule has 0 aliphatic rings. The third-order valence-corrected chi connectivity index (χ3v) is 3.49. The lowest BCUT2D eigenvalue weighted by molar-refractivity contribution is 0.0954. The number of imidazole rings is 1. The molecule has 3 rings (SSSR count). The van der Waals surface area contributed by atoms with Crippen LogP contribution in [0.5, 0.6) is 5.75 Å². The lowest BCUT2D eigenvalue weighted by Gasteiger charge is -2.03. The SMILES string of the molecule is COc1cccn2cc(CCNC(=O)c3ccc(F)cc3)nc12. The van der Waals surface area contributed by atoms with E-state index in [0.29, 0.717) is 24.3 Å². The molecule has 23 heavy (non-hydrogen) atoms. The van der Waals surface area contributed by atoms with Crippen LogP contribution in [0.1, 0.15) is 16.1 Å². The van der Waals surface area contributed by atoms with Crippen molar-refractivity contribution >= 4 is 11.6 Å². The van der Waals surface area contributed by atoms with Crippen molar-refractivity contribution in [1.82, 2.24) is 14.7 Å². The first-order valence-corrected chi connectivity index (χ1v) is 7.22. The molecular formula is C17H16FN3O2. The molecule has 0 saturated heterocycles. The molecule has 0 aliphatic carbocycles. The van der Waals surface area contributed by atoms with E-state index in [9.17, 15) is 9.18 Å². The van der Waals surface area contributed by atoms with Gasteiger partial charge < -0.3 is 14.5 Å². The van der Waals surface area contributed by atoms with Gasteiger partial charge in [0.15, 0.2) is 11.4 Å². The van der Waals surface area contributed by atoms with Gasteiger partial charge in [-0.3, -0.25) is 4.79 Å². The molecule has 0 fully saturated rings. The van der Waals surface area contributed by atoms with Crippen LogP contribution >= 0.6 is 0 Å². The third kappa shape index (κ3) is 3.31. The van der Waals surface area contributed by atoms with Crippen LogP contribution in [0.4, 0.5) is 4.39 Å². The van der Waals surface area contributed by atoms with Crippen LogP contribution in [0.3, 0.4) is 0 Å². The summed E-state index contributed by atoms with van der Waals surface area (Å²) < 4.78 is 20.0. The van der Waals surface area contributed by atoms with E-state index in [4.69, 9.17) is 4.74 Å². The molecule has 3 aromatic rings. The highest BCUT2D eigenvalue weighted by molar-refractivity contribution is 5.94. The number of hydrogen-bond acceptors (Lipinski definition) is 3. The van der Waals surface area contributed by atoms with Crippen molar-refractivity contribution in [2.75, 3.05) is 13.7 Å². The number of fused-ring (bicyclic) bond motifs is 1. The highest BCUT2D eigenvalue weighted by atomic mass is 19.1. The zero-order valence-corrected chi connectivity index (χ0v) is 12.6. The fourth-order valence-corrected chi connectivity index (χ4v) is 2.33. The number of aromatic nitrogens is 2. The second-order valence-electron chi connectivity index (χ2n) is 5.05. The van der Waals surface area contributed by atoms with Gasteiger partial charge in [-0.05, 0) is 36.4 Å². The quantitative estimate of drug-likeness (QED) is 0.787. The molecule has 1 amide bonds. The fraction of sp³-hybridized carbons (Fsp3) is 0.176. The number of ether oxygens (including phenoxy) is 1. The second kappa shape index (κ2) is 6.48. The van der Waals surface area contributed by atoms with Gasteiger partial charge in [0.1, 0.15) is 5.82 Å². The summed E-state index contributed by atoms with van der Waals surface area (Å²) in [7, 11) is 1.60. The Bertz CT molecular complexity index is 827. The molecule has 118 valence electrons. The minimum atomic E-state index is -0.361. The summed E-state index contributed by atoms with van der Waals surface area (Å²) >= 11 is 0. The van der Waals surface area contributed by atoms with Crippen LogP contribution in [0.25, 0.3) is 5.65 Å². The molecule has 0 aliphatic heterocycles. The maximum absolute atomic E-state index is 12.8. The largest absolute Gasteiger partial charge is 0.493 e. The predicted molar refractivity (Wildman–Crippen MR) is 84.2 cm³/mol. The summed E-state index contributed by atoms with van der Waals surface area (Å²) in [6, 6.07) is 9.18. The lowest BCUT2D eigenvalue weighted by atomic mass is 10.2. The normalized spacial score (nSPS) is 10.7. The average molecular weight is 313 g/mol. The highest BCUT2D eigenvalue weighted by Gasteiger charge is 2.08. The van der Waals surface area contributed by atoms with Crippen LogP contribution in [-0.2, 0) is 6.42 Å². The maximum Gasteiger partial charge on any atom is 0.251 e. The molecule has 0 bridgehead atoms. The minimum Gasteiger partial charge on any atom is -0.493 e. The molecule has 1 aromatic carbocycles. The van der Waals surface area contributed by atoms with E-state index in [-0.39, 0.29) is 11.7 Å². The molecule has 1 N–H and O–H groups in total. The number of carbonyl (C=O) groups excluding carboxylic acids is 1. The minimum absolute atomic E-state index is 0.230. The van der Waals surface area contributed by atoms with Crippen LogP contribution in [0, 0.1) is 5.82 Å². The van der Waals surface area contributed by atoms with Gasteiger partial charge in [0.2, 0.25) is 0 Å². The topological polar surface area (TPSA) is 55.6 Å². The molecular weight excluding hydrogens is 297 g/mol. The molecule has 5 nitrogen and oxygen atoms in total. The van der Waals surface area contributed by atoms with Crippen LogP contribution < -0.4 is 10.1 Å². The van der Waals surface area contributed by atoms with Crippen LogP contribution in [0.15, 0.2) is 48.8 Å². The lowest BCUT2D eigenvalue weighted by Crippen LogP contribution is -2.25. The first-order valence-electron chi connectivity index (χ1n) is 7.22. The zero-order chi connectivity index (χ0) is 16.2. The predicted octanol–water partition coefficient (Wildman–Crippen LogP) is 2.45. The van der Waals surface area contributed by atoms with Gasteiger partial charge in [-0.1, -0.05) is 0 Å². The first-order chi connectivity index (χ1) is 11.2. The average Bonchev–Trinajstić information content (AvgIpc) is 2.98. The van der Waals surface area contributed by atoms with Crippen LogP contribution in [0.2, 0.25) is 0 Å². The number of halogens is 1. The summed E-state index contributed by atoms with van der Waals surface area (Å²) in [6.07, 6.45) is 4.39. The van der Waals surface area contributed by atoms with E-state index in [1.807, 2.05) is 28.9 Å². The summed E-state index contributed by atoms with van der Waals surface area (Å²) in [5.74, 6) is 0.112. The summed E-state index contributed by atoms with van der Waals surface area (Å²) in [5.41, 5.74) is 2.03. The molecule has 6 heteroatoms. The Balaban J connectivity index is 1.62. The number of carbonyl (C=O) groups is 1. The molecule has 0 saturated carbocycles. The zero-order valence-electron chi connectivity index (χ0n) is 12.6. The Labute approximate surface area is 132 Å². The van der Waals surface area contributed by atoms with Crippen molar-refractivity contribution in [3.63, 3.8) is 0 Å². The molecule has 0 atom stereocenters. The van der Waals surface area contributed by atoms with Crippen molar-refractivity contribution in [3.8, 4) is 5.75 Å². The third-order valence-electron chi connectivity index (χ3n) is 3.49. The Morgan fingerprint density at radius 3 is 2.83 bits per heavy atom. The van der Waals surface area contributed by atoms with Crippen molar-refractivity contribution in [2.24, 2.45) is 0 Å². The first kappa shape index (κ1) is 15.0. The molecule has 2 aromatic heterocycles. The number of benzene rings is 1. The van der Waals surface area contributed by atoms with Crippen LogP contribution in [-0.4, -0.2) is 28.9 Å². The standard InChI is InChI=1S/C17H16FN3O2/c1-23-15-3-2-10-21-11-14(20-16(15)21)8-9-19-17(22)12-4-6-13(18)7-5-12/h2-7,10-11H,8-9H2,1H3,(H,19,22). The van der Waals surface area contributed by atoms with Gasteiger partial charge in [0, 0.05) is 30.9 Å². The number of hydrogen-bond donors (Lipinski definition) is 1. The van der Waals surface area contributed by atoms with Gasteiger partial charge in [0.25, 0.3) is 5.91 Å². The number of methoxy groups -OCH3 is 1. The van der Waals surface area contributed by atoms with Crippen molar-refractivity contribution in [2.45, 2.75) is 6.42 Å². The summed E-state index contributed by atoms with van der Waals surface area (Å²) in [4.78, 5) is 16.4. The van der Waals surface area contributed by atoms with E-state index in [1.54, 1.807) is 7.11 Å². The maximum atomic E-state index is 12.8. The Kier molecular flexibility index (Phi) is 4.23. The highest BCUT2D eigenvalue weighted by Crippen LogP contribution is 2.18. The van der Waals surface area contributed by atoms with Crippen molar-refractivity contribution in [1.29, 1.82) is 0 Å². The second-order valence-corrected chi connectivity index (χ2v) is 5.05. The number of pyridine rings is 1. The number of amides is 1. The van der Waals surface area contributed by atoms with Crippen molar-refractivity contribution in [3.05, 3.63) is 65.9 Å². The fourth-order valence-electron chi connectivity index (χ4n) is 2.33. The monoisotopic (exact) mass is 313 g/mol.